The lowest BCUT2D eigenvalue weighted by Gasteiger charge is -2.34. The van der Waals surface area contributed by atoms with Gasteiger partial charge >= 0.3 is 5.97 Å². The second kappa shape index (κ2) is 8.22. The van der Waals surface area contributed by atoms with E-state index < -0.39 is 5.97 Å². The fourth-order valence-corrected chi connectivity index (χ4v) is 3.73. The Labute approximate surface area is 160 Å². The van der Waals surface area contributed by atoms with Gasteiger partial charge in [0.15, 0.2) is 0 Å². The normalized spacial score (nSPS) is 14.1. The van der Waals surface area contributed by atoms with E-state index in [1.165, 1.54) is 12.1 Å². The van der Waals surface area contributed by atoms with E-state index >= 15 is 0 Å². The predicted octanol–water partition coefficient (Wildman–Crippen LogP) is 1.98. The Morgan fingerprint density at radius 2 is 1.56 bits per heavy atom. The standard InChI is InChI=1S/C19H20N2O5S/c1-26-14-4-2-13(3-5-14)12-17(22)20-8-10-21(11-9-20)18(23)15-6-7-16(27-15)19(24)25/h2-7H,8-12H2,1H3,(H,24,25). The summed E-state index contributed by atoms with van der Waals surface area (Å²) in [7, 11) is 1.60. The topological polar surface area (TPSA) is 87.2 Å². The maximum absolute atomic E-state index is 12.5. The number of hydrogen-bond acceptors (Lipinski definition) is 5. The van der Waals surface area contributed by atoms with Crippen molar-refractivity contribution in [3.05, 3.63) is 51.7 Å². The minimum Gasteiger partial charge on any atom is -0.497 e. The van der Waals surface area contributed by atoms with Crippen molar-refractivity contribution in [3.63, 3.8) is 0 Å². The summed E-state index contributed by atoms with van der Waals surface area (Å²) in [5.41, 5.74) is 0.916. The molecule has 0 spiro atoms. The van der Waals surface area contributed by atoms with Crippen molar-refractivity contribution < 1.29 is 24.2 Å². The van der Waals surface area contributed by atoms with E-state index in [-0.39, 0.29) is 16.7 Å². The Hall–Kier alpha value is -2.87. The number of carboxylic acids is 1. The summed E-state index contributed by atoms with van der Waals surface area (Å²) in [5, 5.41) is 8.97. The molecule has 1 N–H and O–H groups in total. The van der Waals surface area contributed by atoms with Gasteiger partial charge in [0, 0.05) is 26.2 Å². The van der Waals surface area contributed by atoms with Gasteiger partial charge in [-0.2, -0.15) is 0 Å². The van der Waals surface area contributed by atoms with Crippen molar-refractivity contribution in [2.45, 2.75) is 6.42 Å². The van der Waals surface area contributed by atoms with Gasteiger partial charge in [0.1, 0.15) is 10.6 Å². The van der Waals surface area contributed by atoms with E-state index in [0.29, 0.717) is 37.5 Å². The Morgan fingerprint density at radius 3 is 2.11 bits per heavy atom. The Kier molecular flexibility index (Phi) is 5.75. The van der Waals surface area contributed by atoms with Crippen LogP contribution in [0.4, 0.5) is 0 Å². The van der Waals surface area contributed by atoms with Gasteiger partial charge < -0.3 is 19.6 Å². The molecule has 2 aromatic rings. The second-order valence-electron chi connectivity index (χ2n) is 6.17. The molecule has 0 unspecified atom stereocenters. The number of benzene rings is 1. The van der Waals surface area contributed by atoms with Crippen LogP contribution in [0.3, 0.4) is 0 Å². The number of thiophene rings is 1. The molecule has 3 rings (SSSR count). The summed E-state index contributed by atoms with van der Waals surface area (Å²) in [6, 6.07) is 10.4. The van der Waals surface area contributed by atoms with Gasteiger partial charge in [0.2, 0.25) is 5.91 Å². The van der Waals surface area contributed by atoms with Crippen molar-refractivity contribution in [2.75, 3.05) is 33.3 Å². The van der Waals surface area contributed by atoms with E-state index in [1.807, 2.05) is 24.3 Å². The smallest absolute Gasteiger partial charge is 0.345 e. The molecular formula is C19H20N2O5S. The van der Waals surface area contributed by atoms with Crippen molar-refractivity contribution in [3.8, 4) is 5.75 Å². The minimum atomic E-state index is -1.03. The van der Waals surface area contributed by atoms with Crippen LogP contribution in [0.25, 0.3) is 0 Å². The van der Waals surface area contributed by atoms with Crippen LogP contribution in [-0.4, -0.2) is 66.0 Å². The van der Waals surface area contributed by atoms with Crippen LogP contribution in [0.5, 0.6) is 5.75 Å². The lowest BCUT2D eigenvalue weighted by atomic mass is 10.1. The highest BCUT2D eigenvalue weighted by Crippen LogP contribution is 2.19. The number of piperazine rings is 1. The van der Waals surface area contributed by atoms with Crippen LogP contribution >= 0.6 is 11.3 Å². The summed E-state index contributed by atoms with van der Waals surface area (Å²) in [6.07, 6.45) is 0.310. The van der Waals surface area contributed by atoms with Crippen molar-refractivity contribution in [2.24, 2.45) is 0 Å². The summed E-state index contributed by atoms with van der Waals surface area (Å²) in [6.45, 7) is 1.82. The number of carbonyl (C=O) groups excluding carboxylic acids is 2. The van der Waals surface area contributed by atoms with Gasteiger partial charge in [-0.05, 0) is 29.8 Å². The third-order valence-corrected chi connectivity index (χ3v) is 5.52. The molecule has 0 radical (unpaired) electrons. The van der Waals surface area contributed by atoms with E-state index in [1.54, 1.807) is 16.9 Å². The molecule has 0 atom stereocenters. The molecule has 2 heterocycles. The summed E-state index contributed by atoms with van der Waals surface area (Å²) in [4.78, 5) is 39.9. The van der Waals surface area contributed by atoms with E-state index in [9.17, 15) is 14.4 Å². The van der Waals surface area contributed by atoms with Crippen molar-refractivity contribution in [1.82, 2.24) is 9.80 Å². The van der Waals surface area contributed by atoms with Crippen LogP contribution in [-0.2, 0) is 11.2 Å². The molecule has 1 saturated heterocycles. The molecule has 1 aliphatic heterocycles. The third-order valence-electron chi connectivity index (χ3n) is 4.46. The van der Waals surface area contributed by atoms with Gasteiger partial charge in [-0.25, -0.2) is 4.79 Å². The molecule has 1 aliphatic rings. The van der Waals surface area contributed by atoms with Crippen LogP contribution < -0.4 is 4.74 Å². The van der Waals surface area contributed by atoms with Crippen LogP contribution in [0, 0.1) is 0 Å². The minimum absolute atomic E-state index is 0.0246. The number of rotatable bonds is 5. The highest BCUT2D eigenvalue weighted by atomic mass is 32.1. The van der Waals surface area contributed by atoms with Gasteiger partial charge in [-0.3, -0.25) is 9.59 Å². The fourth-order valence-electron chi connectivity index (χ4n) is 2.91. The number of aromatic carboxylic acids is 1. The molecule has 7 nitrogen and oxygen atoms in total. The Balaban J connectivity index is 1.53. The maximum Gasteiger partial charge on any atom is 0.345 e. The van der Waals surface area contributed by atoms with Crippen LogP contribution in [0.15, 0.2) is 36.4 Å². The molecular weight excluding hydrogens is 368 g/mol. The van der Waals surface area contributed by atoms with Gasteiger partial charge in [0.05, 0.1) is 18.4 Å². The molecule has 0 aliphatic carbocycles. The zero-order valence-corrected chi connectivity index (χ0v) is 15.7. The average Bonchev–Trinajstić information content (AvgIpc) is 3.18. The monoisotopic (exact) mass is 388 g/mol. The van der Waals surface area contributed by atoms with E-state index in [0.717, 1.165) is 22.6 Å². The first-order chi connectivity index (χ1) is 13.0. The van der Waals surface area contributed by atoms with Gasteiger partial charge in [0.25, 0.3) is 5.91 Å². The first-order valence-corrected chi connectivity index (χ1v) is 9.32. The van der Waals surface area contributed by atoms with E-state index in [4.69, 9.17) is 9.84 Å². The second-order valence-corrected chi connectivity index (χ2v) is 7.25. The highest BCUT2D eigenvalue weighted by molar-refractivity contribution is 7.15. The number of nitrogens with zero attached hydrogens (tertiary/aromatic N) is 2. The zero-order chi connectivity index (χ0) is 19.4. The summed E-state index contributed by atoms with van der Waals surface area (Å²) < 4.78 is 5.11. The van der Waals surface area contributed by atoms with Crippen molar-refractivity contribution >= 4 is 29.1 Å². The SMILES string of the molecule is COc1ccc(CC(=O)N2CCN(C(=O)c3ccc(C(=O)O)s3)CC2)cc1. The van der Waals surface area contributed by atoms with Gasteiger partial charge in [-0.15, -0.1) is 11.3 Å². The summed E-state index contributed by atoms with van der Waals surface area (Å²) >= 11 is 0.973. The maximum atomic E-state index is 12.5. The molecule has 27 heavy (non-hydrogen) atoms. The fraction of sp³-hybridized carbons (Fsp3) is 0.316. The predicted molar refractivity (Wildman–Crippen MR) is 100 cm³/mol. The number of hydrogen-bond donors (Lipinski definition) is 1. The third kappa shape index (κ3) is 4.46. The molecule has 2 amide bonds. The molecule has 0 bridgehead atoms. The van der Waals surface area contributed by atoms with Crippen LogP contribution in [0.2, 0.25) is 0 Å². The molecule has 8 heteroatoms. The number of carboxylic acid groups (broad SMARTS) is 1. The Morgan fingerprint density at radius 1 is 0.963 bits per heavy atom. The first kappa shape index (κ1) is 18.9. The lowest BCUT2D eigenvalue weighted by molar-refractivity contribution is -0.131. The highest BCUT2D eigenvalue weighted by Gasteiger charge is 2.26. The van der Waals surface area contributed by atoms with E-state index in [2.05, 4.69) is 0 Å². The summed E-state index contributed by atoms with van der Waals surface area (Å²) in [5.74, 6) is -0.447. The number of ether oxygens (including phenoxy) is 1. The Bertz CT molecular complexity index is 838. The van der Waals surface area contributed by atoms with Gasteiger partial charge in [-0.1, -0.05) is 12.1 Å². The first-order valence-electron chi connectivity index (χ1n) is 8.51. The largest absolute Gasteiger partial charge is 0.497 e. The quantitative estimate of drug-likeness (QED) is 0.846. The van der Waals surface area contributed by atoms with Crippen LogP contribution in [0.1, 0.15) is 24.9 Å². The molecule has 142 valence electrons. The number of methoxy groups -OCH3 is 1. The lowest BCUT2D eigenvalue weighted by Crippen LogP contribution is -2.50. The number of amides is 2. The molecule has 1 aromatic carbocycles. The molecule has 1 aromatic heterocycles. The molecule has 0 saturated carbocycles. The van der Waals surface area contributed by atoms with Crippen molar-refractivity contribution in [1.29, 1.82) is 0 Å². The molecule has 1 fully saturated rings. The number of carbonyl (C=O) groups is 3. The zero-order valence-electron chi connectivity index (χ0n) is 14.9. The average molecular weight is 388 g/mol.